The summed E-state index contributed by atoms with van der Waals surface area (Å²) in [5.41, 5.74) is -4.02. The number of carbonyl (C=O) groups excluding carboxylic acids is 1. The third kappa shape index (κ3) is 6.70. The number of aliphatic carboxylic acids is 1. The SMILES string of the molecule is CC1(C)OB(c2cc(C(=O)NCC(=O)O)cc(S(=O)c3cc(B4OC(C)(C)C(C)(C)O4)cc(C(F)(F)F)c3)c2)OC1(C)C. The summed E-state index contributed by atoms with van der Waals surface area (Å²) in [6.07, 6.45) is -4.77. The zero-order valence-electron chi connectivity index (χ0n) is 25.2. The molecule has 1 amide bonds. The van der Waals surface area contributed by atoms with Crippen molar-refractivity contribution in [1.82, 2.24) is 5.32 Å². The van der Waals surface area contributed by atoms with E-state index in [2.05, 4.69) is 5.32 Å². The molecule has 0 bridgehead atoms. The zero-order chi connectivity index (χ0) is 32.3. The molecular formula is C28H34B2F3NO8S. The monoisotopic (exact) mass is 623 g/mol. The summed E-state index contributed by atoms with van der Waals surface area (Å²) in [6.45, 7) is 13.6. The zero-order valence-corrected chi connectivity index (χ0v) is 26.0. The van der Waals surface area contributed by atoms with E-state index in [-0.39, 0.29) is 26.3 Å². The van der Waals surface area contributed by atoms with Crippen LogP contribution < -0.4 is 16.2 Å². The Morgan fingerprint density at radius 2 is 1.19 bits per heavy atom. The van der Waals surface area contributed by atoms with E-state index in [4.69, 9.17) is 23.7 Å². The predicted molar refractivity (Wildman–Crippen MR) is 154 cm³/mol. The van der Waals surface area contributed by atoms with Crippen molar-refractivity contribution in [2.75, 3.05) is 6.54 Å². The standard InChI is InChI=1S/C28H34B2F3NO8S/c1-24(2)25(3,4)40-29(39-24)18-9-16(23(37)34-15-22(35)36)10-20(13-18)43(38)21-12-17(28(31,32)33)11-19(14-21)30-41-26(5,6)27(7,8)42-30/h9-14H,15H2,1-8H3,(H,34,37)(H,35,36). The Kier molecular flexibility index (Phi) is 8.51. The molecule has 9 nitrogen and oxygen atoms in total. The largest absolute Gasteiger partial charge is 0.494 e. The second-order valence-electron chi connectivity index (χ2n) is 12.6. The van der Waals surface area contributed by atoms with Crippen LogP contribution >= 0.6 is 0 Å². The van der Waals surface area contributed by atoms with Crippen molar-refractivity contribution in [2.24, 2.45) is 0 Å². The molecule has 4 rings (SSSR count). The van der Waals surface area contributed by atoms with Crippen molar-refractivity contribution in [1.29, 1.82) is 0 Å². The Hall–Kier alpha value is -2.71. The molecule has 2 aromatic carbocycles. The average molecular weight is 623 g/mol. The van der Waals surface area contributed by atoms with Gasteiger partial charge >= 0.3 is 26.4 Å². The molecule has 2 aromatic rings. The summed E-state index contributed by atoms with van der Waals surface area (Å²) < 4.78 is 80.1. The molecule has 2 heterocycles. The smallest absolute Gasteiger partial charge is 0.480 e. The summed E-state index contributed by atoms with van der Waals surface area (Å²) in [5, 5.41) is 11.2. The van der Waals surface area contributed by atoms with Gasteiger partial charge in [-0.05, 0) is 96.6 Å². The Labute approximate surface area is 251 Å². The van der Waals surface area contributed by atoms with Gasteiger partial charge in [-0.3, -0.25) is 9.59 Å². The lowest BCUT2D eigenvalue weighted by Gasteiger charge is -2.32. The fraction of sp³-hybridized carbons (Fsp3) is 0.500. The van der Waals surface area contributed by atoms with Crippen LogP contribution in [-0.2, 0) is 40.4 Å². The maximum Gasteiger partial charge on any atom is 0.494 e. The van der Waals surface area contributed by atoms with Crippen molar-refractivity contribution in [2.45, 2.75) is 93.8 Å². The van der Waals surface area contributed by atoms with Crippen LogP contribution in [0.2, 0.25) is 0 Å². The van der Waals surface area contributed by atoms with E-state index in [1.165, 1.54) is 24.3 Å². The van der Waals surface area contributed by atoms with Gasteiger partial charge in [0, 0.05) is 15.4 Å². The van der Waals surface area contributed by atoms with Gasteiger partial charge in [0.25, 0.3) is 5.91 Å². The van der Waals surface area contributed by atoms with Crippen LogP contribution in [0.25, 0.3) is 0 Å². The number of nitrogens with one attached hydrogen (secondary N) is 1. The summed E-state index contributed by atoms with van der Waals surface area (Å²) in [6, 6.07) is 7.06. The molecule has 0 aromatic heterocycles. The Balaban J connectivity index is 1.81. The summed E-state index contributed by atoms with van der Waals surface area (Å²) in [4.78, 5) is 23.7. The molecule has 0 saturated carbocycles. The lowest BCUT2D eigenvalue weighted by Crippen LogP contribution is -2.41. The summed E-state index contributed by atoms with van der Waals surface area (Å²) in [7, 11) is -4.41. The van der Waals surface area contributed by atoms with Crippen LogP contribution in [0.15, 0.2) is 46.2 Å². The molecule has 2 saturated heterocycles. The van der Waals surface area contributed by atoms with Crippen LogP contribution in [0.3, 0.4) is 0 Å². The van der Waals surface area contributed by atoms with E-state index < -0.39 is 77.6 Å². The molecule has 1 atom stereocenters. The maximum atomic E-state index is 14.0. The minimum Gasteiger partial charge on any atom is -0.480 e. The highest BCUT2D eigenvalue weighted by molar-refractivity contribution is 7.85. The second-order valence-corrected chi connectivity index (χ2v) is 14.1. The first kappa shape index (κ1) is 33.2. The molecule has 1 unspecified atom stereocenters. The molecule has 2 N–H and O–H groups in total. The van der Waals surface area contributed by atoms with Crippen LogP contribution in [0, 0.1) is 0 Å². The first-order valence-electron chi connectivity index (χ1n) is 13.5. The normalized spacial score (nSPS) is 21.1. The highest BCUT2D eigenvalue weighted by Gasteiger charge is 2.53. The fourth-order valence-electron chi connectivity index (χ4n) is 4.38. The number of amides is 1. The first-order chi connectivity index (χ1) is 19.5. The van der Waals surface area contributed by atoms with Crippen molar-refractivity contribution in [3.8, 4) is 0 Å². The lowest BCUT2D eigenvalue weighted by atomic mass is 9.78. The van der Waals surface area contributed by atoms with E-state index in [0.29, 0.717) is 0 Å². The van der Waals surface area contributed by atoms with Gasteiger partial charge in [0.1, 0.15) is 6.54 Å². The molecule has 2 fully saturated rings. The third-order valence-corrected chi connectivity index (χ3v) is 9.65. The fourth-order valence-corrected chi connectivity index (χ4v) is 5.60. The molecule has 0 radical (unpaired) electrons. The van der Waals surface area contributed by atoms with Crippen LogP contribution in [-0.4, -0.2) is 64.4 Å². The minimum absolute atomic E-state index is 0.0214. The number of halogens is 3. The van der Waals surface area contributed by atoms with Crippen molar-refractivity contribution in [3.63, 3.8) is 0 Å². The number of rotatable bonds is 7. The number of alkyl halides is 3. The van der Waals surface area contributed by atoms with Gasteiger partial charge in [-0.1, -0.05) is 6.07 Å². The summed E-state index contributed by atoms with van der Waals surface area (Å²) in [5.74, 6) is -2.07. The topological polar surface area (TPSA) is 120 Å². The van der Waals surface area contributed by atoms with Gasteiger partial charge < -0.3 is 29.0 Å². The molecular weight excluding hydrogens is 589 g/mol. The molecule has 0 aliphatic carbocycles. The highest BCUT2D eigenvalue weighted by atomic mass is 32.2. The van der Waals surface area contributed by atoms with Crippen molar-refractivity contribution >= 4 is 47.8 Å². The highest BCUT2D eigenvalue weighted by Crippen LogP contribution is 2.39. The van der Waals surface area contributed by atoms with Crippen molar-refractivity contribution < 1.29 is 50.7 Å². The van der Waals surface area contributed by atoms with Crippen LogP contribution in [0.1, 0.15) is 71.3 Å². The number of carboxylic acid groups (broad SMARTS) is 1. The van der Waals surface area contributed by atoms with Gasteiger partial charge in [0.05, 0.1) is 38.8 Å². The number of hydrogen-bond donors (Lipinski definition) is 2. The quantitative estimate of drug-likeness (QED) is 0.452. The van der Waals surface area contributed by atoms with E-state index in [1.807, 2.05) is 27.7 Å². The summed E-state index contributed by atoms with van der Waals surface area (Å²) >= 11 is 0. The van der Waals surface area contributed by atoms with Gasteiger partial charge in [-0.2, -0.15) is 13.2 Å². The number of carbonyl (C=O) groups is 2. The predicted octanol–water partition coefficient (Wildman–Crippen LogP) is 3.28. The maximum absolute atomic E-state index is 14.0. The van der Waals surface area contributed by atoms with Gasteiger partial charge in [-0.15, -0.1) is 0 Å². The first-order valence-corrected chi connectivity index (χ1v) is 14.7. The van der Waals surface area contributed by atoms with Gasteiger partial charge in [0.2, 0.25) is 0 Å². The molecule has 2 aliphatic rings. The lowest BCUT2D eigenvalue weighted by molar-refractivity contribution is -0.138. The Bertz CT molecular complexity index is 1450. The Morgan fingerprint density at radius 3 is 1.60 bits per heavy atom. The Morgan fingerprint density at radius 1 is 0.767 bits per heavy atom. The van der Waals surface area contributed by atoms with E-state index in [0.717, 1.165) is 12.1 Å². The molecule has 0 spiro atoms. The van der Waals surface area contributed by atoms with Crippen LogP contribution in [0.4, 0.5) is 13.2 Å². The van der Waals surface area contributed by atoms with Gasteiger partial charge in [-0.25, -0.2) is 4.21 Å². The number of carboxylic acids is 1. The minimum atomic E-state index is -4.77. The third-order valence-electron chi connectivity index (χ3n) is 8.33. The number of benzene rings is 2. The number of hydrogen-bond acceptors (Lipinski definition) is 7. The molecule has 2 aliphatic heterocycles. The average Bonchev–Trinajstić information content (AvgIpc) is 3.25. The van der Waals surface area contributed by atoms with E-state index in [9.17, 15) is 27.0 Å². The van der Waals surface area contributed by atoms with E-state index in [1.54, 1.807) is 27.7 Å². The van der Waals surface area contributed by atoms with E-state index >= 15 is 0 Å². The van der Waals surface area contributed by atoms with Gasteiger partial charge in [0.15, 0.2) is 0 Å². The van der Waals surface area contributed by atoms with Crippen molar-refractivity contribution in [3.05, 3.63) is 47.5 Å². The molecule has 15 heteroatoms. The molecule has 232 valence electrons. The van der Waals surface area contributed by atoms with Crippen LogP contribution in [0.5, 0.6) is 0 Å². The molecule has 43 heavy (non-hydrogen) atoms. The second kappa shape index (κ2) is 11.0.